The fourth-order valence-electron chi connectivity index (χ4n) is 2.11. The predicted octanol–water partition coefficient (Wildman–Crippen LogP) is 0.988. The summed E-state index contributed by atoms with van der Waals surface area (Å²) in [7, 11) is 1.88. The molecule has 0 bridgehead atoms. The van der Waals surface area contributed by atoms with E-state index in [1.54, 1.807) is 10.9 Å². The highest BCUT2D eigenvalue weighted by molar-refractivity contribution is 5.50. The molecule has 6 heteroatoms. The quantitative estimate of drug-likeness (QED) is 0.824. The van der Waals surface area contributed by atoms with Crippen molar-refractivity contribution in [3.8, 4) is 0 Å². The van der Waals surface area contributed by atoms with E-state index in [-0.39, 0.29) is 0 Å². The van der Waals surface area contributed by atoms with E-state index in [2.05, 4.69) is 32.6 Å². The van der Waals surface area contributed by atoms with Gasteiger partial charge in [0.2, 0.25) is 5.95 Å². The van der Waals surface area contributed by atoms with Crippen molar-refractivity contribution >= 4 is 11.6 Å². The number of fused-ring (bicyclic) bond motifs is 1. The van der Waals surface area contributed by atoms with Gasteiger partial charge in [0.15, 0.2) is 0 Å². The third-order valence-electron chi connectivity index (χ3n) is 3.06. The predicted molar refractivity (Wildman–Crippen MR) is 68.5 cm³/mol. The van der Waals surface area contributed by atoms with Crippen LogP contribution >= 0.6 is 0 Å². The summed E-state index contributed by atoms with van der Waals surface area (Å²) >= 11 is 0. The maximum Gasteiger partial charge on any atom is 0.227 e. The average Bonchev–Trinajstić information content (AvgIpc) is 2.75. The first kappa shape index (κ1) is 11.2. The van der Waals surface area contributed by atoms with E-state index in [9.17, 15) is 0 Å². The molecule has 2 aromatic heterocycles. The van der Waals surface area contributed by atoms with Crippen LogP contribution in [-0.4, -0.2) is 25.8 Å². The van der Waals surface area contributed by atoms with E-state index in [1.807, 2.05) is 19.4 Å². The summed E-state index contributed by atoms with van der Waals surface area (Å²) in [5.74, 6) is 0.623. The fraction of sp³-hybridized carbons (Fsp3) is 0.417. The minimum Gasteiger partial charge on any atom is -0.321 e. The van der Waals surface area contributed by atoms with Gasteiger partial charge in [-0.3, -0.25) is 4.68 Å². The smallest absolute Gasteiger partial charge is 0.227 e. The van der Waals surface area contributed by atoms with Crippen LogP contribution in [0.5, 0.6) is 0 Å². The van der Waals surface area contributed by atoms with E-state index in [1.165, 1.54) is 5.56 Å². The molecule has 3 heterocycles. The van der Waals surface area contributed by atoms with Gasteiger partial charge in [-0.2, -0.15) is 5.10 Å². The van der Waals surface area contributed by atoms with Crippen molar-refractivity contribution < 1.29 is 0 Å². The monoisotopic (exact) mass is 244 g/mol. The third kappa shape index (κ3) is 2.19. The first-order valence-electron chi connectivity index (χ1n) is 6.04. The minimum absolute atomic E-state index is 0.498. The second kappa shape index (κ2) is 4.38. The number of nitrogens with zero attached hydrogens (tertiary/aromatic N) is 4. The molecule has 1 aliphatic rings. The molecule has 3 rings (SSSR count). The van der Waals surface area contributed by atoms with Crippen LogP contribution in [-0.2, 0) is 20.0 Å². The van der Waals surface area contributed by atoms with Gasteiger partial charge in [0.1, 0.15) is 0 Å². The molecule has 18 heavy (non-hydrogen) atoms. The van der Waals surface area contributed by atoms with Crippen LogP contribution in [0.3, 0.4) is 0 Å². The van der Waals surface area contributed by atoms with Gasteiger partial charge < -0.3 is 10.6 Å². The number of hydrogen-bond acceptors (Lipinski definition) is 5. The molecule has 0 saturated heterocycles. The minimum atomic E-state index is 0.498. The lowest BCUT2D eigenvalue weighted by atomic mass is 10.0. The number of hydrogen-bond donors (Lipinski definition) is 2. The second-order valence-electron chi connectivity index (χ2n) is 4.68. The summed E-state index contributed by atoms with van der Waals surface area (Å²) in [6.07, 6.45) is 6.55. The Morgan fingerprint density at radius 2 is 2.33 bits per heavy atom. The van der Waals surface area contributed by atoms with Crippen molar-refractivity contribution in [3.63, 3.8) is 0 Å². The Balaban J connectivity index is 1.82. The third-order valence-corrected chi connectivity index (χ3v) is 3.06. The van der Waals surface area contributed by atoms with Crippen molar-refractivity contribution in [1.29, 1.82) is 0 Å². The van der Waals surface area contributed by atoms with Gasteiger partial charge in [0.05, 0.1) is 17.6 Å². The highest BCUT2D eigenvalue weighted by Crippen LogP contribution is 2.17. The van der Waals surface area contributed by atoms with Crippen LogP contribution in [0.4, 0.5) is 11.6 Å². The number of nitrogens with one attached hydrogen (secondary N) is 2. The SMILES string of the molecule is C[C@@H]1Cc2cnc(Nc3cnn(C)c3)nc2CN1. The Kier molecular flexibility index (Phi) is 2.71. The van der Waals surface area contributed by atoms with E-state index in [0.29, 0.717) is 12.0 Å². The van der Waals surface area contributed by atoms with Gasteiger partial charge >= 0.3 is 0 Å². The first-order chi connectivity index (χ1) is 8.70. The standard InChI is InChI=1S/C12H16N6/c1-8-3-9-4-14-12(17-11(9)6-13-8)16-10-5-15-18(2)7-10/h4-5,7-8,13H,3,6H2,1-2H3,(H,14,16,17)/t8-/m1/s1. The molecule has 0 amide bonds. The van der Waals surface area contributed by atoms with Gasteiger partial charge in [0, 0.05) is 32.0 Å². The lowest BCUT2D eigenvalue weighted by molar-refractivity contribution is 0.503. The van der Waals surface area contributed by atoms with Crippen molar-refractivity contribution in [2.75, 3.05) is 5.32 Å². The van der Waals surface area contributed by atoms with Gasteiger partial charge in [-0.1, -0.05) is 0 Å². The van der Waals surface area contributed by atoms with Gasteiger partial charge in [0.25, 0.3) is 0 Å². The number of rotatable bonds is 2. The summed E-state index contributed by atoms with van der Waals surface area (Å²) in [5, 5.41) is 10.6. The highest BCUT2D eigenvalue weighted by atomic mass is 15.3. The zero-order valence-corrected chi connectivity index (χ0v) is 10.5. The lowest BCUT2D eigenvalue weighted by Gasteiger charge is -2.22. The summed E-state index contributed by atoms with van der Waals surface area (Å²) in [6.45, 7) is 2.98. The molecule has 94 valence electrons. The van der Waals surface area contributed by atoms with Crippen LogP contribution in [0, 0.1) is 0 Å². The number of aryl methyl sites for hydroxylation is 1. The van der Waals surface area contributed by atoms with E-state index >= 15 is 0 Å². The Morgan fingerprint density at radius 1 is 1.44 bits per heavy atom. The molecular weight excluding hydrogens is 228 g/mol. The summed E-state index contributed by atoms with van der Waals surface area (Å²) in [4.78, 5) is 8.87. The lowest BCUT2D eigenvalue weighted by Crippen LogP contribution is -2.33. The molecule has 0 saturated carbocycles. The fourth-order valence-corrected chi connectivity index (χ4v) is 2.11. The molecule has 0 radical (unpaired) electrons. The topological polar surface area (TPSA) is 67.7 Å². The molecule has 0 unspecified atom stereocenters. The van der Waals surface area contributed by atoms with Crippen molar-refractivity contribution in [2.45, 2.75) is 25.9 Å². The average molecular weight is 244 g/mol. The van der Waals surface area contributed by atoms with Crippen LogP contribution in [0.2, 0.25) is 0 Å². The Morgan fingerprint density at radius 3 is 3.11 bits per heavy atom. The Labute approximate surface area is 105 Å². The molecule has 0 aliphatic carbocycles. The molecule has 0 spiro atoms. The number of anilines is 2. The zero-order chi connectivity index (χ0) is 12.5. The maximum atomic E-state index is 4.53. The van der Waals surface area contributed by atoms with Gasteiger partial charge in [-0.15, -0.1) is 0 Å². The van der Waals surface area contributed by atoms with Crippen molar-refractivity contribution in [3.05, 3.63) is 29.8 Å². The molecular formula is C12H16N6. The van der Waals surface area contributed by atoms with E-state index < -0.39 is 0 Å². The number of aromatic nitrogens is 4. The van der Waals surface area contributed by atoms with Crippen LogP contribution in [0.25, 0.3) is 0 Å². The molecule has 0 aromatic carbocycles. The van der Waals surface area contributed by atoms with Gasteiger partial charge in [-0.25, -0.2) is 9.97 Å². The van der Waals surface area contributed by atoms with Crippen LogP contribution < -0.4 is 10.6 Å². The summed E-state index contributed by atoms with van der Waals surface area (Å²) < 4.78 is 1.74. The molecule has 2 N–H and O–H groups in total. The van der Waals surface area contributed by atoms with Crippen LogP contribution in [0.15, 0.2) is 18.6 Å². The highest BCUT2D eigenvalue weighted by Gasteiger charge is 2.16. The van der Waals surface area contributed by atoms with Gasteiger partial charge in [-0.05, 0) is 18.9 Å². The zero-order valence-electron chi connectivity index (χ0n) is 10.5. The normalized spacial score (nSPS) is 18.4. The molecule has 1 aliphatic heterocycles. The molecule has 0 fully saturated rings. The maximum absolute atomic E-state index is 4.53. The van der Waals surface area contributed by atoms with Crippen LogP contribution in [0.1, 0.15) is 18.2 Å². The van der Waals surface area contributed by atoms with Crippen molar-refractivity contribution in [2.24, 2.45) is 7.05 Å². The first-order valence-corrected chi connectivity index (χ1v) is 6.04. The molecule has 2 aromatic rings. The van der Waals surface area contributed by atoms with Crippen molar-refractivity contribution in [1.82, 2.24) is 25.1 Å². The molecule has 1 atom stereocenters. The summed E-state index contributed by atoms with van der Waals surface area (Å²) in [5.41, 5.74) is 3.21. The Hall–Kier alpha value is -1.95. The largest absolute Gasteiger partial charge is 0.321 e. The molecule has 6 nitrogen and oxygen atoms in total. The summed E-state index contributed by atoms with van der Waals surface area (Å²) in [6, 6.07) is 0.498. The second-order valence-corrected chi connectivity index (χ2v) is 4.68. The van der Waals surface area contributed by atoms with E-state index in [4.69, 9.17) is 0 Å². The Bertz CT molecular complexity index is 561. The van der Waals surface area contributed by atoms with E-state index in [0.717, 1.165) is 24.3 Å².